The fourth-order valence-electron chi connectivity index (χ4n) is 3.04. The van der Waals surface area contributed by atoms with Gasteiger partial charge in [-0.15, -0.1) is 0 Å². The fraction of sp³-hybridized carbons (Fsp3) is 0.643. The quantitative estimate of drug-likeness (QED) is 0.794. The molecule has 0 unspecified atom stereocenters. The van der Waals surface area contributed by atoms with E-state index in [1.807, 2.05) is 12.4 Å². The topological polar surface area (TPSA) is 34.6 Å². The Morgan fingerprint density at radius 1 is 1.47 bits per heavy atom. The Morgan fingerprint density at radius 2 is 2.37 bits per heavy atom. The van der Waals surface area contributed by atoms with Crippen molar-refractivity contribution in [3.05, 3.63) is 22.9 Å². The van der Waals surface area contributed by atoms with Crippen LogP contribution in [-0.2, 0) is 9.47 Å². The number of pyridine rings is 1. The molecule has 1 aromatic rings. The van der Waals surface area contributed by atoms with Crippen molar-refractivity contribution in [3.8, 4) is 0 Å². The van der Waals surface area contributed by atoms with Crippen LogP contribution >= 0.6 is 15.9 Å². The van der Waals surface area contributed by atoms with Gasteiger partial charge in [0.05, 0.1) is 24.6 Å². The average Bonchev–Trinajstić information content (AvgIpc) is 2.38. The number of halogens is 1. The zero-order chi connectivity index (χ0) is 13.3. The largest absolute Gasteiger partial charge is 0.378 e. The first-order valence-electron chi connectivity index (χ1n) is 6.78. The molecule has 0 N–H and O–H groups in total. The normalized spacial score (nSPS) is 31.7. The van der Waals surface area contributed by atoms with E-state index in [4.69, 9.17) is 9.47 Å². The SMILES string of the molecule is C[C@H]1CN(c2cncc(Br)c2)C[C@@]2(CCCOC2)O1. The lowest BCUT2D eigenvalue weighted by atomic mass is 9.93. The molecule has 0 radical (unpaired) electrons. The van der Waals surface area contributed by atoms with E-state index in [0.717, 1.165) is 42.7 Å². The average molecular weight is 327 g/mol. The van der Waals surface area contributed by atoms with E-state index < -0.39 is 0 Å². The summed E-state index contributed by atoms with van der Waals surface area (Å²) < 4.78 is 12.9. The predicted molar refractivity (Wildman–Crippen MR) is 77.5 cm³/mol. The zero-order valence-corrected chi connectivity index (χ0v) is 12.7. The van der Waals surface area contributed by atoms with Gasteiger partial charge in [-0.1, -0.05) is 0 Å². The summed E-state index contributed by atoms with van der Waals surface area (Å²) in [6.07, 6.45) is 6.11. The molecule has 2 aliphatic rings. The molecule has 0 amide bonds. The number of nitrogens with zero attached hydrogens (tertiary/aromatic N) is 2. The molecule has 4 nitrogen and oxygen atoms in total. The lowest BCUT2D eigenvalue weighted by molar-refractivity contribution is -0.160. The van der Waals surface area contributed by atoms with Gasteiger partial charge in [0.1, 0.15) is 5.60 Å². The molecule has 1 spiro atoms. The molecule has 1 aromatic heterocycles. The van der Waals surface area contributed by atoms with E-state index >= 15 is 0 Å². The molecule has 0 saturated carbocycles. The number of ether oxygens (including phenoxy) is 2. The summed E-state index contributed by atoms with van der Waals surface area (Å²) in [5.41, 5.74) is 1.01. The molecule has 19 heavy (non-hydrogen) atoms. The van der Waals surface area contributed by atoms with Gasteiger partial charge < -0.3 is 14.4 Å². The Morgan fingerprint density at radius 3 is 3.11 bits per heavy atom. The van der Waals surface area contributed by atoms with Gasteiger partial charge in [0.25, 0.3) is 0 Å². The van der Waals surface area contributed by atoms with E-state index in [2.05, 4.69) is 38.8 Å². The number of aromatic nitrogens is 1. The first kappa shape index (κ1) is 13.3. The highest BCUT2D eigenvalue weighted by molar-refractivity contribution is 9.10. The Balaban J connectivity index is 1.82. The van der Waals surface area contributed by atoms with E-state index in [0.29, 0.717) is 6.61 Å². The number of morpholine rings is 1. The first-order chi connectivity index (χ1) is 9.17. The highest BCUT2D eigenvalue weighted by Crippen LogP contribution is 2.32. The minimum absolute atomic E-state index is 0.141. The summed E-state index contributed by atoms with van der Waals surface area (Å²) in [7, 11) is 0. The molecule has 0 aromatic carbocycles. The van der Waals surface area contributed by atoms with Gasteiger partial charge >= 0.3 is 0 Å². The van der Waals surface area contributed by atoms with Crippen LogP contribution in [0, 0.1) is 0 Å². The summed E-state index contributed by atoms with van der Waals surface area (Å²) in [5.74, 6) is 0. The van der Waals surface area contributed by atoms with Crippen molar-refractivity contribution < 1.29 is 9.47 Å². The van der Waals surface area contributed by atoms with Crippen LogP contribution in [-0.4, -0.2) is 43.0 Å². The van der Waals surface area contributed by atoms with E-state index in [1.54, 1.807) is 0 Å². The van der Waals surface area contributed by atoms with Crippen molar-refractivity contribution in [1.82, 2.24) is 4.98 Å². The maximum absolute atomic E-state index is 6.20. The van der Waals surface area contributed by atoms with E-state index in [1.165, 1.54) is 0 Å². The van der Waals surface area contributed by atoms with E-state index in [9.17, 15) is 0 Å². The molecular formula is C14H19BrN2O2. The standard InChI is InChI=1S/C14H19BrN2O2/c1-11-8-17(13-5-12(15)6-16-7-13)9-14(19-11)3-2-4-18-10-14/h5-7,11H,2-4,8-10H2,1H3/t11-,14+/m0/s1. The second kappa shape index (κ2) is 5.38. The second-order valence-corrected chi connectivity index (χ2v) is 6.43. The molecule has 2 fully saturated rings. The molecule has 3 rings (SSSR count). The van der Waals surface area contributed by atoms with Crippen molar-refractivity contribution in [2.75, 3.05) is 31.2 Å². The van der Waals surface area contributed by atoms with Crippen LogP contribution in [0.4, 0.5) is 5.69 Å². The van der Waals surface area contributed by atoms with Gasteiger partial charge in [0.15, 0.2) is 0 Å². The van der Waals surface area contributed by atoms with Crippen LogP contribution in [0.5, 0.6) is 0 Å². The Hall–Kier alpha value is -0.650. The molecule has 2 saturated heterocycles. The van der Waals surface area contributed by atoms with Crippen LogP contribution in [0.3, 0.4) is 0 Å². The van der Waals surface area contributed by atoms with Crippen molar-refractivity contribution >= 4 is 21.6 Å². The maximum atomic E-state index is 6.20. The number of rotatable bonds is 1. The van der Waals surface area contributed by atoms with Crippen molar-refractivity contribution in [3.63, 3.8) is 0 Å². The molecule has 0 bridgehead atoms. The molecule has 104 valence electrons. The highest BCUT2D eigenvalue weighted by atomic mass is 79.9. The third-order valence-corrected chi connectivity index (χ3v) is 4.18. The minimum atomic E-state index is -0.141. The molecule has 5 heteroatoms. The monoisotopic (exact) mass is 326 g/mol. The Labute approximate surface area is 122 Å². The smallest absolute Gasteiger partial charge is 0.109 e. The molecule has 2 atom stereocenters. The third-order valence-electron chi connectivity index (χ3n) is 3.75. The molecule has 0 aliphatic carbocycles. The molecular weight excluding hydrogens is 308 g/mol. The maximum Gasteiger partial charge on any atom is 0.109 e. The van der Waals surface area contributed by atoms with Crippen molar-refractivity contribution in [2.24, 2.45) is 0 Å². The van der Waals surface area contributed by atoms with Crippen LogP contribution in [0.15, 0.2) is 22.9 Å². The summed E-state index contributed by atoms with van der Waals surface area (Å²) >= 11 is 3.49. The minimum Gasteiger partial charge on any atom is -0.378 e. The highest BCUT2D eigenvalue weighted by Gasteiger charge is 2.41. The summed E-state index contributed by atoms with van der Waals surface area (Å²) in [6, 6.07) is 2.11. The van der Waals surface area contributed by atoms with Gasteiger partial charge in [0, 0.05) is 30.4 Å². The summed E-state index contributed by atoms with van der Waals surface area (Å²) in [5, 5.41) is 0. The lowest BCUT2D eigenvalue weighted by Gasteiger charge is -2.48. The fourth-order valence-corrected chi connectivity index (χ4v) is 3.39. The second-order valence-electron chi connectivity index (χ2n) is 5.51. The van der Waals surface area contributed by atoms with Crippen LogP contribution in [0.1, 0.15) is 19.8 Å². The molecule has 3 heterocycles. The van der Waals surface area contributed by atoms with Gasteiger partial charge in [-0.05, 0) is 41.8 Å². The van der Waals surface area contributed by atoms with Crippen molar-refractivity contribution in [1.29, 1.82) is 0 Å². The summed E-state index contributed by atoms with van der Waals surface area (Å²) in [4.78, 5) is 6.62. The van der Waals surface area contributed by atoms with Gasteiger partial charge in [-0.25, -0.2) is 0 Å². The molecule has 2 aliphatic heterocycles. The van der Waals surface area contributed by atoms with E-state index in [-0.39, 0.29) is 11.7 Å². The Bertz CT molecular complexity index is 449. The first-order valence-corrected chi connectivity index (χ1v) is 7.57. The van der Waals surface area contributed by atoms with Crippen LogP contribution in [0.25, 0.3) is 0 Å². The van der Waals surface area contributed by atoms with Gasteiger partial charge in [-0.3, -0.25) is 4.98 Å². The van der Waals surface area contributed by atoms with Gasteiger partial charge in [0.2, 0.25) is 0 Å². The van der Waals surface area contributed by atoms with Crippen LogP contribution in [0.2, 0.25) is 0 Å². The van der Waals surface area contributed by atoms with Gasteiger partial charge in [-0.2, -0.15) is 0 Å². The number of hydrogen-bond donors (Lipinski definition) is 0. The summed E-state index contributed by atoms with van der Waals surface area (Å²) in [6.45, 7) is 5.48. The Kier molecular flexibility index (Phi) is 3.78. The zero-order valence-electron chi connectivity index (χ0n) is 11.1. The number of hydrogen-bond acceptors (Lipinski definition) is 4. The predicted octanol–water partition coefficient (Wildman–Crippen LogP) is 2.62. The lowest BCUT2D eigenvalue weighted by Crippen LogP contribution is -2.58. The third kappa shape index (κ3) is 2.93. The van der Waals surface area contributed by atoms with Crippen molar-refractivity contribution in [2.45, 2.75) is 31.5 Å². The number of anilines is 1. The van der Waals surface area contributed by atoms with Crippen LogP contribution < -0.4 is 4.90 Å².